The zero-order valence-electron chi connectivity index (χ0n) is 16.4. The van der Waals surface area contributed by atoms with Gasteiger partial charge in [-0.2, -0.15) is 0 Å². The first-order chi connectivity index (χ1) is 12.7. The largest absolute Gasteiger partial charge is 0.357 e. The zero-order valence-corrected chi connectivity index (χ0v) is 16.4. The topological polar surface area (TPSA) is 51.2 Å². The quantitative estimate of drug-likeness (QED) is 0.574. The highest BCUT2D eigenvalue weighted by Gasteiger charge is 2.53. The first-order valence-corrected chi connectivity index (χ1v) is 10.7. The van der Waals surface area contributed by atoms with E-state index in [-0.39, 0.29) is 0 Å². The minimum absolute atomic E-state index is 0.316. The van der Waals surface area contributed by atoms with Gasteiger partial charge in [0.25, 0.3) is 0 Å². The van der Waals surface area contributed by atoms with E-state index in [9.17, 15) is 4.79 Å². The van der Waals surface area contributed by atoms with Gasteiger partial charge in [0.2, 0.25) is 5.91 Å². The maximum Gasteiger partial charge on any atom is 0.236 e. The zero-order chi connectivity index (χ0) is 18.0. The van der Waals surface area contributed by atoms with Gasteiger partial charge in [-0.1, -0.05) is 0 Å². The Morgan fingerprint density at radius 3 is 2.31 bits per heavy atom. The second kappa shape index (κ2) is 7.75. The average molecular weight is 362 g/mol. The van der Waals surface area contributed by atoms with E-state index in [0.29, 0.717) is 17.9 Å². The van der Waals surface area contributed by atoms with Crippen LogP contribution in [0, 0.1) is 11.3 Å². The van der Waals surface area contributed by atoms with E-state index < -0.39 is 0 Å². The van der Waals surface area contributed by atoms with E-state index in [4.69, 9.17) is 4.99 Å². The molecule has 0 radical (unpaired) electrons. The summed E-state index contributed by atoms with van der Waals surface area (Å²) in [4.78, 5) is 24.1. The SMILES string of the molecule is CCNC(=NCC1(C2CC2)CC1)N1CCN(CC(=O)N2CCCC2)CC1. The molecule has 2 heterocycles. The van der Waals surface area contributed by atoms with Gasteiger partial charge in [-0.15, -0.1) is 0 Å². The lowest BCUT2D eigenvalue weighted by Gasteiger charge is -2.36. The van der Waals surface area contributed by atoms with Crippen molar-refractivity contribution >= 4 is 11.9 Å². The van der Waals surface area contributed by atoms with Gasteiger partial charge in [-0.25, -0.2) is 0 Å². The standard InChI is InChI=1S/C20H35N5O/c1-2-21-19(22-16-20(7-8-20)17-5-6-17)25-13-11-23(12-14-25)15-18(26)24-9-3-4-10-24/h17H,2-16H2,1H3,(H,21,22). The number of piperazine rings is 1. The first-order valence-electron chi connectivity index (χ1n) is 10.7. The third kappa shape index (κ3) is 4.16. The molecule has 0 unspecified atom stereocenters. The van der Waals surface area contributed by atoms with Crippen molar-refractivity contribution in [2.24, 2.45) is 16.3 Å². The summed E-state index contributed by atoms with van der Waals surface area (Å²) in [6, 6.07) is 0. The molecule has 4 fully saturated rings. The lowest BCUT2D eigenvalue weighted by Crippen LogP contribution is -2.54. The molecule has 2 saturated heterocycles. The fourth-order valence-electron chi connectivity index (χ4n) is 4.59. The molecular weight excluding hydrogens is 326 g/mol. The summed E-state index contributed by atoms with van der Waals surface area (Å²) in [5, 5.41) is 3.49. The normalized spacial score (nSPS) is 26.3. The Kier molecular flexibility index (Phi) is 5.39. The van der Waals surface area contributed by atoms with Crippen LogP contribution in [0.15, 0.2) is 4.99 Å². The Morgan fingerprint density at radius 2 is 1.73 bits per heavy atom. The number of hydrogen-bond acceptors (Lipinski definition) is 3. The van der Waals surface area contributed by atoms with E-state index in [2.05, 4.69) is 22.0 Å². The monoisotopic (exact) mass is 361 g/mol. The number of guanidine groups is 1. The van der Waals surface area contributed by atoms with Crippen LogP contribution in [0.3, 0.4) is 0 Å². The minimum atomic E-state index is 0.316. The van der Waals surface area contributed by atoms with Crippen molar-refractivity contribution < 1.29 is 4.79 Å². The molecule has 1 amide bonds. The molecular formula is C20H35N5O. The van der Waals surface area contributed by atoms with Crippen molar-refractivity contribution in [3.05, 3.63) is 0 Å². The molecule has 4 rings (SSSR count). The number of nitrogens with zero attached hydrogens (tertiary/aromatic N) is 4. The molecule has 0 aromatic rings. The number of rotatable bonds is 6. The molecule has 0 aromatic carbocycles. The average Bonchev–Trinajstić information content (AvgIpc) is 3.57. The van der Waals surface area contributed by atoms with E-state index in [1.54, 1.807) is 0 Å². The Bertz CT molecular complexity index is 526. The second-order valence-electron chi connectivity index (χ2n) is 8.66. The molecule has 2 saturated carbocycles. The van der Waals surface area contributed by atoms with Gasteiger partial charge in [0.05, 0.1) is 6.54 Å². The fourth-order valence-corrected chi connectivity index (χ4v) is 4.59. The molecule has 146 valence electrons. The van der Waals surface area contributed by atoms with Crippen LogP contribution < -0.4 is 5.32 Å². The number of amides is 1. The van der Waals surface area contributed by atoms with E-state index in [1.807, 2.05) is 4.90 Å². The van der Waals surface area contributed by atoms with Crippen LogP contribution in [-0.2, 0) is 4.79 Å². The maximum atomic E-state index is 12.4. The van der Waals surface area contributed by atoms with Crippen LogP contribution in [0.5, 0.6) is 0 Å². The highest BCUT2D eigenvalue weighted by Crippen LogP contribution is 2.61. The van der Waals surface area contributed by atoms with Crippen LogP contribution in [-0.4, -0.2) is 85.5 Å². The molecule has 26 heavy (non-hydrogen) atoms. The summed E-state index contributed by atoms with van der Waals surface area (Å²) in [6.07, 6.45) is 7.96. The van der Waals surface area contributed by atoms with Crippen LogP contribution in [0.4, 0.5) is 0 Å². The fraction of sp³-hybridized carbons (Fsp3) is 0.900. The predicted molar refractivity (Wildman–Crippen MR) is 104 cm³/mol. The smallest absolute Gasteiger partial charge is 0.236 e. The van der Waals surface area contributed by atoms with Crippen LogP contribution in [0.1, 0.15) is 45.4 Å². The van der Waals surface area contributed by atoms with Crippen molar-refractivity contribution in [1.82, 2.24) is 20.0 Å². The van der Waals surface area contributed by atoms with Crippen molar-refractivity contribution in [3.8, 4) is 0 Å². The van der Waals surface area contributed by atoms with E-state index in [0.717, 1.165) is 64.2 Å². The predicted octanol–water partition coefficient (Wildman–Crippen LogP) is 1.38. The molecule has 2 aliphatic heterocycles. The van der Waals surface area contributed by atoms with Gasteiger partial charge in [0.1, 0.15) is 0 Å². The number of aliphatic imine (C=N–C) groups is 1. The molecule has 6 nitrogen and oxygen atoms in total. The third-order valence-electron chi connectivity index (χ3n) is 6.70. The highest BCUT2D eigenvalue weighted by molar-refractivity contribution is 5.80. The summed E-state index contributed by atoms with van der Waals surface area (Å²) >= 11 is 0. The van der Waals surface area contributed by atoms with Crippen LogP contribution >= 0.6 is 0 Å². The molecule has 0 atom stereocenters. The van der Waals surface area contributed by atoms with Gasteiger partial charge >= 0.3 is 0 Å². The molecule has 0 spiro atoms. The van der Waals surface area contributed by atoms with Crippen molar-refractivity contribution in [2.75, 3.05) is 58.9 Å². The summed E-state index contributed by atoms with van der Waals surface area (Å²) in [6.45, 7) is 10.4. The first kappa shape index (κ1) is 18.1. The van der Waals surface area contributed by atoms with Crippen molar-refractivity contribution in [2.45, 2.75) is 45.4 Å². The van der Waals surface area contributed by atoms with Crippen LogP contribution in [0.2, 0.25) is 0 Å². The maximum absolute atomic E-state index is 12.4. The van der Waals surface area contributed by atoms with Gasteiger partial charge in [-0.05, 0) is 56.8 Å². The van der Waals surface area contributed by atoms with E-state index >= 15 is 0 Å². The van der Waals surface area contributed by atoms with E-state index in [1.165, 1.54) is 38.5 Å². The number of hydrogen-bond donors (Lipinski definition) is 1. The summed E-state index contributed by atoms with van der Waals surface area (Å²) < 4.78 is 0. The van der Waals surface area contributed by atoms with Gasteiger partial charge in [0, 0.05) is 52.4 Å². The molecule has 1 N–H and O–H groups in total. The Hall–Kier alpha value is -1.30. The van der Waals surface area contributed by atoms with Crippen molar-refractivity contribution in [3.63, 3.8) is 0 Å². The lowest BCUT2D eigenvalue weighted by atomic mass is 10.0. The molecule has 2 aliphatic carbocycles. The lowest BCUT2D eigenvalue weighted by molar-refractivity contribution is -0.131. The molecule has 0 aromatic heterocycles. The number of carbonyl (C=O) groups excluding carboxylic acids is 1. The Balaban J connectivity index is 1.26. The molecule has 0 bridgehead atoms. The minimum Gasteiger partial charge on any atom is -0.357 e. The second-order valence-corrected chi connectivity index (χ2v) is 8.66. The Labute approximate surface area is 158 Å². The van der Waals surface area contributed by atoms with Gasteiger partial charge in [-0.3, -0.25) is 14.7 Å². The summed E-state index contributed by atoms with van der Waals surface area (Å²) in [7, 11) is 0. The van der Waals surface area contributed by atoms with Crippen molar-refractivity contribution in [1.29, 1.82) is 0 Å². The summed E-state index contributed by atoms with van der Waals surface area (Å²) in [5.41, 5.74) is 0.560. The summed E-state index contributed by atoms with van der Waals surface area (Å²) in [5.74, 6) is 2.36. The van der Waals surface area contributed by atoms with Crippen LogP contribution in [0.25, 0.3) is 0 Å². The Morgan fingerprint density at radius 1 is 1.04 bits per heavy atom. The highest BCUT2D eigenvalue weighted by atomic mass is 16.2. The third-order valence-corrected chi connectivity index (χ3v) is 6.70. The number of nitrogens with one attached hydrogen (secondary N) is 1. The number of likely N-dealkylation sites (tertiary alicyclic amines) is 1. The van der Waals surface area contributed by atoms with Gasteiger partial charge < -0.3 is 15.1 Å². The molecule has 6 heteroatoms. The number of carbonyl (C=O) groups is 1. The molecule has 4 aliphatic rings. The van der Waals surface area contributed by atoms with Gasteiger partial charge in [0.15, 0.2) is 5.96 Å².